The van der Waals surface area contributed by atoms with E-state index in [1.165, 1.54) is 10.5 Å². The van der Waals surface area contributed by atoms with Gasteiger partial charge in [-0.25, -0.2) is 13.4 Å². The smallest absolute Gasteiger partial charge is 0.260 e. The zero-order valence-electron chi connectivity index (χ0n) is 11.1. The first-order valence-corrected chi connectivity index (χ1v) is 7.80. The van der Waals surface area contributed by atoms with Crippen LogP contribution in [0.25, 0.3) is 0 Å². The molecule has 0 amide bonds. The number of aromatic nitrogens is 2. The van der Waals surface area contributed by atoms with E-state index < -0.39 is 10.0 Å². The van der Waals surface area contributed by atoms with Crippen molar-refractivity contribution >= 4 is 15.7 Å². The molecule has 0 spiro atoms. The first-order valence-electron chi connectivity index (χ1n) is 6.36. The summed E-state index contributed by atoms with van der Waals surface area (Å²) in [5.74, 6) is 0.588. The van der Waals surface area contributed by atoms with E-state index in [0.717, 1.165) is 16.8 Å². The molecule has 0 aliphatic carbocycles. The number of nitrogens with one attached hydrogen (secondary N) is 1. The molecule has 0 unspecified atom stereocenters. The fraction of sp³-hybridized carbons (Fsp3) is 0.308. The highest BCUT2D eigenvalue weighted by molar-refractivity contribution is 7.89. The lowest BCUT2D eigenvalue weighted by atomic mass is 9.99. The Bertz CT molecular complexity index is 751. The van der Waals surface area contributed by atoms with Crippen LogP contribution in [-0.2, 0) is 23.0 Å². The fourth-order valence-corrected chi connectivity index (χ4v) is 3.87. The molecule has 0 fully saturated rings. The van der Waals surface area contributed by atoms with Gasteiger partial charge in [-0.2, -0.15) is 4.31 Å². The summed E-state index contributed by atoms with van der Waals surface area (Å²) in [6.07, 6.45) is 1.99. The number of fused-ring (bicyclic) bond motifs is 1. The van der Waals surface area contributed by atoms with Crippen LogP contribution in [0.5, 0.6) is 0 Å². The van der Waals surface area contributed by atoms with Gasteiger partial charge < -0.3 is 10.7 Å². The van der Waals surface area contributed by atoms with Crippen molar-refractivity contribution in [3.05, 3.63) is 41.3 Å². The molecule has 1 aromatic carbocycles. The molecule has 3 rings (SSSR count). The van der Waals surface area contributed by atoms with Crippen molar-refractivity contribution in [2.45, 2.75) is 24.9 Å². The molecule has 20 heavy (non-hydrogen) atoms. The molecule has 0 saturated carbocycles. The summed E-state index contributed by atoms with van der Waals surface area (Å²) in [5, 5.41) is 0.141. The van der Waals surface area contributed by atoms with Crippen molar-refractivity contribution in [3.63, 3.8) is 0 Å². The highest BCUT2D eigenvalue weighted by Gasteiger charge is 2.30. The number of nitrogens with two attached hydrogens (primary N) is 1. The van der Waals surface area contributed by atoms with Crippen molar-refractivity contribution < 1.29 is 8.42 Å². The van der Waals surface area contributed by atoms with E-state index in [4.69, 9.17) is 5.73 Å². The molecule has 1 aromatic heterocycles. The summed E-state index contributed by atoms with van der Waals surface area (Å²) < 4.78 is 26.5. The number of imidazole rings is 1. The van der Waals surface area contributed by atoms with Gasteiger partial charge in [0.05, 0.1) is 6.20 Å². The molecule has 0 bridgehead atoms. The molecule has 1 aliphatic heterocycles. The number of sulfonamides is 1. The summed E-state index contributed by atoms with van der Waals surface area (Å²) >= 11 is 0. The maximum Gasteiger partial charge on any atom is 0.260 e. The lowest BCUT2D eigenvalue weighted by Crippen LogP contribution is -2.36. The second-order valence-electron chi connectivity index (χ2n) is 4.91. The van der Waals surface area contributed by atoms with Crippen molar-refractivity contribution in [1.29, 1.82) is 0 Å². The minimum absolute atomic E-state index is 0.141. The Kier molecular flexibility index (Phi) is 3.02. The van der Waals surface area contributed by atoms with Crippen LogP contribution < -0.4 is 5.73 Å². The van der Waals surface area contributed by atoms with Gasteiger partial charge in [0, 0.05) is 18.8 Å². The van der Waals surface area contributed by atoms with Crippen molar-refractivity contribution in [3.8, 4) is 0 Å². The van der Waals surface area contributed by atoms with Gasteiger partial charge in [-0.15, -0.1) is 0 Å². The molecule has 0 saturated heterocycles. The number of aromatic amines is 1. The van der Waals surface area contributed by atoms with E-state index in [1.54, 1.807) is 6.92 Å². The SMILES string of the molecule is Cc1ncc(S(=O)(=O)N2CCc3c(N)cccc3C2)[nH]1. The van der Waals surface area contributed by atoms with Gasteiger partial charge in [-0.1, -0.05) is 12.1 Å². The summed E-state index contributed by atoms with van der Waals surface area (Å²) in [5.41, 5.74) is 8.68. The Morgan fingerprint density at radius 3 is 2.90 bits per heavy atom. The van der Waals surface area contributed by atoms with Crippen LogP contribution >= 0.6 is 0 Å². The molecule has 2 heterocycles. The quantitative estimate of drug-likeness (QED) is 0.809. The molecule has 2 aromatic rings. The Hall–Kier alpha value is -1.86. The second kappa shape index (κ2) is 4.60. The number of nitrogen functional groups attached to an aromatic ring is 1. The Morgan fingerprint density at radius 2 is 2.20 bits per heavy atom. The van der Waals surface area contributed by atoms with E-state index >= 15 is 0 Å². The number of nitrogens with zero attached hydrogens (tertiary/aromatic N) is 2. The summed E-state index contributed by atoms with van der Waals surface area (Å²) in [6.45, 7) is 2.51. The first-order chi connectivity index (χ1) is 9.48. The maximum atomic E-state index is 12.5. The normalized spacial score (nSPS) is 16.1. The topological polar surface area (TPSA) is 92.1 Å². The molecule has 106 valence electrons. The molecule has 3 N–H and O–H groups in total. The third-order valence-corrected chi connectivity index (χ3v) is 5.32. The number of hydrogen-bond acceptors (Lipinski definition) is 4. The van der Waals surface area contributed by atoms with Crippen LogP contribution in [0.1, 0.15) is 17.0 Å². The van der Waals surface area contributed by atoms with E-state index in [-0.39, 0.29) is 5.03 Å². The van der Waals surface area contributed by atoms with Gasteiger partial charge in [-0.05, 0) is 30.5 Å². The average Bonchev–Trinajstić information content (AvgIpc) is 2.86. The molecule has 0 radical (unpaired) electrons. The van der Waals surface area contributed by atoms with Crippen molar-refractivity contribution in [2.75, 3.05) is 12.3 Å². The number of rotatable bonds is 2. The zero-order chi connectivity index (χ0) is 14.3. The molecular formula is C13H16N4O2S. The number of benzene rings is 1. The van der Waals surface area contributed by atoms with Crippen LogP contribution in [0.15, 0.2) is 29.4 Å². The lowest BCUT2D eigenvalue weighted by molar-refractivity contribution is 0.390. The van der Waals surface area contributed by atoms with E-state index in [9.17, 15) is 8.42 Å². The average molecular weight is 292 g/mol. The first kappa shape index (κ1) is 13.1. The summed E-state index contributed by atoms with van der Waals surface area (Å²) in [6, 6.07) is 5.62. The van der Waals surface area contributed by atoms with Crippen LogP contribution in [0.4, 0.5) is 5.69 Å². The van der Waals surface area contributed by atoms with Crippen molar-refractivity contribution in [2.24, 2.45) is 0 Å². The molecule has 7 heteroatoms. The van der Waals surface area contributed by atoms with Gasteiger partial charge in [-0.3, -0.25) is 0 Å². The van der Waals surface area contributed by atoms with Gasteiger partial charge in [0.15, 0.2) is 5.03 Å². The number of H-pyrrole nitrogens is 1. The van der Waals surface area contributed by atoms with Crippen LogP contribution in [0.3, 0.4) is 0 Å². The highest BCUT2D eigenvalue weighted by Crippen LogP contribution is 2.27. The minimum atomic E-state index is -3.52. The number of anilines is 1. The van der Waals surface area contributed by atoms with Gasteiger partial charge in [0.1, 0.15) is 5.82 Å². The third-order valence-electron chi connectivity index (χ3n) is 3.56. The second-order valence-corrected chi connectivity index (χ2v) is 6.81. The van der Waals surface area contributed by atoms with E-state index in [2.05, 4.69) is 9.97 Å². The predicted octanol–water partition coefficient (Wildman–Crippen LogP) is 1.05. The molecular weight excluding hydrogens is 276 g/mol. The zero-order valence-corrected chi connectivity index (χ0v) is 11.9. The lowest BCUT2D eigenvalue weighted by Gasteiger charge is -2.28. The fourth-order valence-electron chi connectivity index (χ4n) is 2.49. The highest BCUT2D eigenvalue weighted by atomic mass is 32.2. The van der Waals surface area contributed by atoms with Crippen molar-refractivity contribution in [1.82, 2.24) is 14.3 Å². The van der Waals surface area contributed by atoms with Gasteiger partial charge in [0.25, 0.3) is 10.0 Å². The number of hydrogen-bond donors (Lipinski definition) is 2. The third kappa shape index (κ3) is 2.08. The van der Waals surface area contributed by atoms with Crippen LogP contribution in [0.2, 0.25) is 0 Å². The predicted molar refractivity (Wildman–Crippen MR) is 75.5 cm³/mol. The number of aryl methyl sites for hydroxylation is 1. The Labute approximate surface area is 117 Å². The maximum absolute atomic E-state index is 12.5. The van der Waals surface area contributed by atoms with E-state index in [0.29, 0.717) is 25.3 Å². The Morgan fingerprint density at radius 1 is 1.40 bits per heavy atom. The summed E-state index contributed by atoms with van der Waals surface area (Å²) in [7, 11) is -3.52. The summed E-state index contributed by atoms with van der Waals surface area (Å²) in [4.78, 5) is 6.74. The van der Waals surface area contributed by atoms with Crippen LogP contribution in [-0.4, -0.2) is 29.2 Å². The standard InChI is InChI=1S/C13H16N4O2S/c1-9-15-7-13(16-9)20(18,19)17-6-5-11-10(8-17)3-2-4-12(11)14/h2-4,7H,5-6,8,14H2,1H3,(H,15,16). The molecule has 0 atom stereocenters. The molecule has 1 aliphatic rings. The molecule has 6 nitrogen and oxygen atoms in total. The van der Waals surface area contributed by atoms with Gasteiger partial charge >= 0.3 is 0 Å². The van der Waals surface area contributed by atoms with Crippen LogP contribution in [0, 0.1) is 6.92 Å². The minimum Gasteiger partial charge on any atom is -0.398 e. The largest absolute Gasteiger partial charge is 0.398 e. The van der Waals surface area contributed by atoms with E-state index in [1.807, 2.05) is 18.2 Å². The van der Waals surface area contributed by atoms with Gasteiger partial charge in [0.2, 0.25) is 0 Å². The Balaban J connectivity index is 1.94. The monoisotopic (exact) mass is 292 g/mol.